The lowest BCUT2D eigenvalue weighted by Gasteiger charge is -2.14. The minimum atomic E-state index is -3.72. The van der Waals surface area contributed by atoms with Gasteiger partial charge in [0.2, 0.25) is 15.9 Å². The quantitative estimate of drug-likeness (QED) is 0.843. The van der Waals surface area contributed by atoms with Crippen LogP contribution in [0.3, 0.4) is 0 Å². The average molecular weight is 346 g/mol. The molecule has 1 amide bonds. The summed E-state index contributed by atoms with van der Waals surface area (Å²) in [5, 5.41) is 2.74. The lowest BCUT2D eigenvalue weighted by atomic mass is 10.1. The molecule has 0 saturated carbocycles. The number of carbonyl (C=O) groups excluding carboxylic acids is 1. The number of sulfonamides is 1. The largest absolute Gasteiger partial charge is 0.351 e. The van der Waals surface area contributed by atoms with Crippen molar-refractivity contribution in [2.24, 2.45) is 0 Å². The van der Waals surface area contributed by atoms with E-state index in [4.69, 9.17) is 0 Å². The molecule has 0 spiro atoms. The van der Waals surface area contributed by atoms with Crippen molar-refractivity contribution >= 4 is 15.9 Å². The van der Waals surface area contributed by atoms with Gasteiger partial charge in [-0.1, -0.05) is 47.5 Å². The highest BCUT2D eigenvalue weighted by Crippen LogP contribution is 2.10. The highest BCUT2D eigenvalue weighted by atomic mass is 32.2. The van der Waals surface area contributed by atoms with E-state index in [1.165, 1.54) is 19.1 Å². The highest BCUT2D eigenvalue weighted by molar-refractivity contribution is 7.89. The van der Waals surface area contributed by atoms with E-state index in [0.717, 1.165) is 16.7 Å². The van der Waals surface area contributed by atoms with Crippen molar-refractivity contribution in [2.75, 3.05) is 0 Å². The van der Waals surface area contributed by atoms with E-state index in [1.54, 1.807) is 12.1 Å². The van der Waals surface area contributed by atoms with Crippen LogP contribution >= 0.6 is 0 Å². The zero-order valence-corrected chi connectivity index (χ0v) is 14.9. The molecule has 0 aliphatic heterocycles. The second-order valence-electron chi connectivity index (χ2n) is 5.86. The normalized spacial score (nSPS) is 12.6. The third kappa shape index (κ3) is 4.91. The maximum Gasteiger partial charge on any atom is 0.241 e. The summed E-state index contributed by atoms with van der Waals surface area (Å²) in [5.74, 6) is -0.369. The van der Waals surface area contributed by atoms with Crippen LogP contribution in [0.4, 0.5) is 0 Å². The number of hydrogen-bond donors (Lipinski definition) is 2. The Morgan fingerprint density at radius 1 is 0.958 bits per heavy atom. The number of carbonyl (C=O) groups is 1. The Balaban J connectivity index is 1.95. The third-order valence-corrected chi connectivity index (χ3v) is 5.20. The van der Waals surface area contributed by atoms with Crippen molar-refractivity contribution in [3.8, 4) is 0 Å². The fourth-order valence-electron chi connectivity index (χ4n) is 2.12. The van der Waals surface area contributed by atoms with E-state index in [1.807, 2.05) is 38.1 Å². The Bertz CT molecular complexity index is 797. The summed E-state index contributed by atoms with van der Waals surface area (Å²) >= 11 is 0. The van der Waals surface area contributed by atoms with Gasteiger partial charge in [0, 0.05) is 6.54 Å². The molecule has 2 aromatic carbocycles. The second kappa shape index (κ2) is 7.59. The molecule has 6 heteroatoms. The van der Waals surface area contributed by atoms with Gasteiger partial charge < -0.3 is 5.32 Å². The monoisotopic (exact) mass is 346 g/mol. The second-order valence-corrected chi connectivity index (χ2v) is 7.57. The summed E-state index contributed by atoms with van der Waals surface area (Å²) in [7, 11) is -3.72. The highest BCUT2D eigenvalue weighted by Gasteiger charge is 2.21. The first-order chi connectivity index (χ1) is 11.3. The van der Waals surface area contributed by atoms with Gasteiger partial charge in [-0.05, 0) is 38.5 Å². The molecule has 0 saturated heterocycles. The van der Waals surface area contributed by atoms with Crippen LogP contribution in [0.2, 0.25) is 0 Å². The lowest BCUT2D eigenvalue weighted by molar-refractivity contribution is -0.122. The maximum absolute atomic E-state index is 12.3. The first-order valence-electron chi connectivity index (χ1n) is 7.70. The van der Waals surface area contributed by atoms with E-state index in [-0.39, 0.29) is 10.8 Å². The molecule has 2 rings (SSSR count). The van der Waals surface area contributed by atoms with Crippen LogP contribution < -0.4 is 10.0 Å². The number of rotatable bonds is 6. The Morgan fingerprint density at radius 2 is 1.46 bits per heavy atom. The van der Waals surface area contributed by atoms with Gasteiger partial charge in [0.1, 0.15) is 0 Å². The molecule has 24 heavy (non-hydrogen) atoms. The van der Waals surface area contributed by atoms with Gasteiger partial charge in [-0.3, -0.25) is 4.79 Å². The molecular formula is C18H22N2O3S. The van der Waals surface area contributed by atoms with Crippen LogP contribution in [0.15, 0.2) is 53.4 Å². The fraction of sp³-hybridized carbons (Fsp3) is 0.278. The molecular weight excluding hydrogens is 324 g/mol. The SMILES string of the molecule is Cc1ccc(CNC(=O)[C@H](C)NS(=O)(=O)c2ccc(C)cc2)cc1. The third-order valence-electron chi connectivity index (χ3n) is 3.64. The van der Waals surface area contributed by atoms with Crippen LogP contribution in [0.25, 0.3) is 0 Å². The Kier molecular flexibility index (Phi) is 5.75. The summed E-state index contributed by atoms with van der Waals surface area (Å²) in [6.07, 6.45) is 0. The van der Waals surface area contributed by atoms with Crippen molar-refractivity contribution in [2.45, 2.75) is 38.3 Å². The summed E-state index contributed by atoms with van der Waals surface area (Å²) in [5.41, 5.74) is 3.07. The van der Waals surface area contributed by atoms with Crippen molar-refractivity contribution in [3.05, 3.63) is 65.2 Å². The predicted molar refractivity (Wildman–Crippen MR) is 94.0 cm³/mol. The maximum atomic E-state index is 12.3. The van der Waals surface area contributed by atoms with Crippen molar-refractivity contribution in [3.63, 3.8) is 0 Å². The molecule has 0 bridgehead atoms. The van der Waals surface area contributed by atoms with E-state index in [9.17, 15) is 13.2 Å². The van der Waals surface area contributed by atoms with E-state index in [0.29, 0.717) is 6.54 Å². The molecule has 0 heterocycles. The van der Waals surface area contributed by atoms with Gasteiger partial charge in [0.25, 0.3) is 0 Å². The molecule has 2 aromatic rings. The average Bonchev–Trinajstić information content (AvgIpc) is 2.54. The summed E-state index contributed by atoms with van der Waals surface area (Å²) < 4.78 is 27.0. The van der Waals surface area contributed by atoms with Crippen LogP contribution in [-0.2, 0) is 21.4 Å². The topological polar surface area (TPSA) is 75.3 Å². The lowest BCUT2D eigenvalue weighted by Crippen LogP contribution is -2.44. The zero-order chi connectivity index (χ0) is 17.7. The number of nitrogens with one attached hydrogen (secondary N) is 2. The number of hydrogen-bond acceptors (Lipinski definition) is 3. The zero-order valence-electron chi connectivity index (χ0n) is 14.0. The molecule has 0 aliphatic carbocycles. The Labute approximate surface area is 143 Å². The smallest absolute Gasteiger partial charge is 0.241 e. The molecule has 0 radical (unpaired) electrons. The van der Waals surface area contributed by atoms with Crippen LogP contribution in [0, 0.1) is 13.8 Å². The molecule has 0 aromatic heterocycles. The summed E-state index contributed by atoms with van der Waals surface area (Å²) in [6.45, 7) is 5.75. The molecule has 2 N–H and O–H groups in total. The fourth-order valence-corrected chi connectivity index (χ4v) is 3.32. The first kappa shape index (κ1) is 18.2. The van der Waals surface area contributed by atoms with Gasteiger partial charge in [-0.15, -0.1) is 0 Å². The first-order valence-corrected chi connectivity index (χ1v) is 9.18. The molecule has 1 atom stereocenters. The number of aryl methyl sites for hydroxylation is 2. The molecule has 5 nitrogen and oxygen atoms in total. The van der Waals surface area contributed by atoms with E-state index < -0.39 is 16.1 Å². The van der Waals surface area contributed by atoms with Gasteiger partial charge >= 0.3 is 0 Å². The van der Waals surface area contributed by atoms with Gasteiger partial charge in [0.15, 0.2) is 0 Å². The van der Waals surface area contributed by atoms with Crippen molar-refractivity contribution in [1.82, 2.24) is 10.0 Å². The minimum absolute atomic E-state index is 0.145. The van der Waals surface area contributed by atoms with Gasteiger partial charge in [-0.2, -0.15) is 4.72 Å². The molecule has 0 aliphatic rings. The predicted octanol–water partition coefficient (Wildman–Crippen LogP) is 2.29. The standard InChI is InChI=1S/C18H22N2O3S/c1-13-4-8-16(9-5-13)12-19-18(21)15(3)20-24(22,23)17-10-6-14(2)7-11-17/h4-11,15,20H,12H2,1-3H3,(H,19,21)/t15-/m0/s1. The van der Waals surface area contributed by atoms with Crippen molar-refractivity contribution in [1.29, 1.82) is 0 Å². The van der Waals surface area contributed by atoms with Crippen molar-refractivity contribution < 1.29 is 13.2 Å². The Hall–Kier alpha value is -2.18. The van der Waals surface area contributed by atoms with Gasteiger partial charge in [0.05, 0.1) is 10.9 Å². The number of benzene rings is 2. The molecule has 0 fully saturated rings. The minimum Gasteiger partial charge on any atom is -0.351 e. The summed E-state index contributed by atoms with van der Waals surface area (Å²) in [6, 6.07) is 13.4. The number of amides is 1. The van der Waals surface area contributed by atoms with E-state index in [2.05, 4.69) is 10.0 Å². The van der Waals surface area contributed by atoms with E-state index >= 15 is 0 Å². The van der Waals surface area contributed by atoms with Crippen LogP contribution in [0.1, 0.15) is 23.6 Å². The molecule has 128 valence electrons. The van der Waals surface area contributed by atoms with Crippen LogP contribution in [0.5, 0.6) is 0 Å². The summed E-state index contributed by atoms with van der Waals surface area (Å²) in [4.78, 5) is 12.3. The van der Waals surface area contributed by atoms with Gasteiger partial charge in [-0.25, -0.2) is 8.42 Å². The molecule has 0 unspecified atom stereocenters. The van der Waals surface area contributed by atoms with Crippen LogP contribution in [-0.4, -0.2) is 20.4 Å². The Morgan fingerprint density at radius 3 is 2.00 bits per heavy atom.